The molecule has 2 aromatic rings. The van der Waals surface area contributed by atoms with Crippen molar-refractivity contribution in [3.8, 4) is 0 Å². The topological polar surface area (TPSA) is 88.2 Å². The minimum absolute atomic E-state index is 0.00225. The Morgan fingerprint density at radius 2 is 2.11 bits per heavy atom. The Morgan fingerprint density at radius 1 is 1.37 bits per heavy atom. The Bertz CT molecular complexity index is 590. The molecular weight excluding hydrogens is 246 g/mol. The molecule has 100 valence electrons. The van der Waals surface area contributed by atoms with Crippen LogP contribution in [0.15, 0.2) is 22.6 Å². The number of aryl methyl sites for hydroxylation is 2. The minimum Gasteiger partial charge on any atom is -0.476 e. The van der Waals surface area contributed by atoms with Gasteiger partial charge in [-0.05, 0) is 39.0 Å². The summed E-state index contributed by atoms with van der Waals surface area (Å²) in [6.45, 7) is 5.77. The van der Waals surface area contributed by atoms with Gasteiger partial charge in [-0.3, -0.25) is 0 Å². The number of anilines is 1. The van der Waals surface area contributed by atoms with Crippen molar-refractivity contribution in [1.29, 1.82) is 0 Å². The molecule has 0 aromatic carbocycles. The third-order valence-electron chi connectivity index (χ3n) is 2.79. The van der Waals surface area contributed by atoms with Gasteiger partial charge in [0.05, 0.1) is 6.04 Å². The maximum atomic E-state index is 10.7. The number of carboxylic acid groups (broad SMARTS) is 1. The maximum Gasteiger partial charge on any atom is 0.356 e. The Kier molecular flexibility index (Phi) is 3.50. The van der Waals surface area contributed by atoms with Crippen LogP contribution in [0, 0.1) is 13.8 Å². The minimum atomic E-state index is -1.09. The van der Waals surface area contributed by atoms with E-state index in [0.717, 1.165) is 17.1 Å². The van der Waals surface area contributed by atoms with Crippen LogP contribution in [0.25, 0.3) is 0 Å². The fraction of sp³-hybridized carbons (Fsp3) is 0.308. The lowest BCUT2D eigenvalue weighted by atomic mass is 10.1. The first-order valence-corrected chi connectivity index (χ1v) is 5.88. The van der Waals surface area contributed by atoms with Gasteiger partial charge in [0.1, 0.15) is 17.3 Å². The fourth-order valence-electron chi connectivity index (χ4n) is 1.90. The first-order valence-electron chi connectivity index (χ1n) is 5.88. The molecule has 2 rings (SSSR count). The Morgan fingerprint density at radius 3 is 2.58 bits per heavy atom. The van der Waals surface area contributed by atoms with Crippen LogP contribution in [0.5, 0.6) is 0 Å². The SMILES string of the molecule is Cc1cc(C(C)Nc2ccc(C(=O)O)nn2)c(C)o1. The summed E-state index contributed by atoms with van der Waals surface area (Å²) in [5, 5.41) is 19.3. The number of hydrogen-bond donors (Lipinski definition) is 2. The Balaban J connectivity index is 2.12. The molecule has 0 saturated carbocycles. The summed E-state index contributed by atoms with van der Waals surface area (Å²) in [7, 11) is 0. The smallest absolute Gasteiger partial charge is 0.356 e. The van der Waals surface area contributed by atoms with E-state index in [1.165, 1.54) is 6.07 Å². The number of nitrogens with zero attached hydrogens (tertiary/aromatic N) is 2. The van der Waals surface area contributed by atoms with E-state index >= 15 is 0 Å². The van der Waals surface area contributed by atoms with Crippen LogP contribution >= 0.6 is 0 Å². The Hall–Kier alpha value is -2.37. The quantitative estimate of drug-likeness (QED) is 0.879. The van der Waals surface area contributed by atoms with E-state index in [1.54, 1.807) is 6.07 Å². The second-order valence-corrected chi connectivity index (χ2v) is 4.34. The van der Waals surface area contributed by atoms with Gasteiger partial charge in [0.2, 0.25) is 0 Å². The van der Waals surface area contributed by atoms with Gasteiger partial charge in [0.15, 0.2) is 5.69 Å². The van der Waals surface area contributed by atoms with Gasteiger partial charge in [-0.25, -0.2) is 4.79 Å². The number of furan rings is 1. The van der Waals surface area contributed by atoms with Crippen LogP contribution in [0.2, 0.25) is 0 Å². The molecule has 0 fully saturated rings. The predicted molar refractivity (Wildman–Crippen MR) is 69.2 cm³/mol. The number of hydrogen-bond acceptors (Lipinski definition) is 5. The lowest BCUT2D eigenvalue weighted by Gasteiger charge is -2.13. The molecule has 0 aliphatic carbocycles. The van der Waals surface area contributed by atoms with Gasteiger partial charge >= 0.3 is 5.97 Å². The highest BCUT2D eigenvalue weighted by Gasteiger charge is 2.13. The Labute approximate surface area is 110 Å². The number of aromatic nitrogens is 2. The molecule has 1 atom stereocenters. The van der Waals surface area contributed by atoms with Gasteiger partial charge in [-0.1, -0.05) is 0 Å². The lowest BCUT2D eigenvalue weighted by Crippen LogP contribution is -2.10. The summed E-state index contributed by atoms with van der Waals surface area (Å²) in [4.78, 5) is 10.7. The number of nitrogens with one attached hydrogen (secondary N) is 1. The molecule has 6 nitrogen and oxygen atoms in total. The summed E-state index contributed by atoms with van der Waals surface area (Å²) in [5.74, 6) is 1.14. The van der Waals surface area contributed by atoms with Crippen LogP contribution < -0.4 is 5.32 Å². The molecule has 2 heterocycles. The first-order chi connectivity index (χ1) is 8.97. The summed E-state index contributed by atoms with van der Waals surface area (Å²) in [5.41, 5.74) is 0.968. The molecule has 19 heavy (non-hydrogen) atoms. The molecule has 2 aromatic heterocycles. The second-order valence-electron chi connectivity index (χ2n) is 4.34. The van der Waals surface area contributed by atoms with Crippen molar-refractivity contribution >= 4 is 11.8 Å². The lowest BCUT2D eigenvalue weighted by molar-refractivity contribution is 0.0689. The molecule has 2 N–H and O–H groups in total. The van der Waals surface area contributed by atoms with Crippen LogP contribution in [0.3, 0.4) is 0 Å². The third-order valence-corrected chi connectivity index (χ3v) is 2.79. The zero-order chi connectivity index (χ0) is 14.0. The molecule has 0 saturated heterocycles. The molecule has 0 radical (unpaired) electrons. The molecular formula is C13H15N3O3. The van der Waals surface area contributed by atoms with Crippen molar-refractivity contribution in [3.05, 3.63) is 41.0 Å². The monoisotopic (exact) mass is 261 g/mol. The van der Waals surface area contributed by atoms with E-state index in [2.05, 4.69) is 15.5 Å². The number of rotatable bonds is 4. The number of carbonyl (C=O) groups is 1. The summed E-state index contributed by atoms with van der Waals surface area (Å²) in [6, 6.07) is 4.97. The van der Waals surface area contributed by atoms with Gasteiger partial charge in [0.25, 0.3) is 0 Å². The van der Waals surface area contributed by atoms with Crippen molar-refractivity contribution in [2.45, 2.75) is 26.8 Å². The molecule has 0 amide bonds. The van der Waals surface area contributed by atoms with Gasteiger partial charge in [0, 0.05) is 5.56 Å². The van der Waals surface area contributed by atoms with Gasteiger partial charge in [-0.15, -0.1) is 10.2 Å². The molecule has 0 bridgehead atoms. The largest absolute Gasteiger partial charge is 0.476 e. The summed E-state index contributed by atoms with van der Waals surface area (Å²) in [6.07, 6.45) is 0. The normalized spacial score (nSPS) is 12.2. The third kappa shape index (κ3) is 2.90. The summed E-state index contributed by atoms with van der Waals surface area (Å²) >= 11 is 0. The van der Waals surface area contributed by atoms with Crippen LogP contribution in [-0.4, -0.2) is 21.3 Å². The standard InChI is InChI=1S/C13H15N3O3/c1-7-6-10(9(3)19-7)8(2)14-12-5-4-11(13(17)18)15-16-12/h4-6,8H,1-3H3,(H,14,16)(H,17,18). The zero-order valence-corrected chi connectivity index (χ0v) is 11.0. The van der Waals surface area contributed by atoms with Crippen molar-refractivity contribution in [2.24, 2.45) is 0 Å². The van der Waals surface area contributed by atoms with Crippen LogP contribution in [-0.2, 0) is 0 Å². The van der Waals surface area contributed by atoms with Crippen LogP contribution in [0.4, 0.5) is 5.82 Å². The molecule has 0 aliphatic heterocycles. The van der Waals surface area contributed by atoms with Gasteiger partial charge < -0.3 is 14.8 Å². The summed E-state index contributed by atoms with van der Waals surface area (Å²) < 4.78 is 5.47. The predicted octanol–water partition coefficient (Wildman–Crippen LogP) is 2.56. The van der Waals surface area contributed by atoms with Crippen LogP contribution in [0.1, 0.15) is 40.5 Å². The van der Waals surface area contributed by atoms with Crippen molar-refractivity contribution in [3.63, 3.8) is 0 Å². The van der Waals surface area contributed by atoms with Crippen molar-refractivity contribution in [1.82, 2.24) is 10.2 Å². The van der Waals surface area contributed by atoms with Crippen molar-refractivity contribution in [2.75, 3.05) is 5.32 Å². The highest BCUT2D eigenvalue weighted by Crippen LogP contribution is 2.23. The average molecular weight is 261 g/mol. The highest BCUT2D eigenvalue weighted by molar-refractivity contribution is 5.85. The maximum absolute atomic E-state index is 10.7. The highest BCUT2D eigenvalue weighted by atomic mass is 16.4. The van der Waals surface area contributed by atoms with E-state index < -0.39 is 5.97 Å². The first kappa shape index (κ1) is 13.1. The van der Waals surface area contributed by atoms with E-state index in [4.69, 9.17) is 9.52 Å². The van der Waals surface area contributed by atoms with E-state index in [-0.39, 0.29) is 11.7 Å². The number of carboxylic acids is 1. The molecule has 0 spiro atoms. The fourth-order valence-corrected chi connectivity index (χ4v) is 1.90. The van der Waals surface area contributed by atoms with E-state index in [0.29, 0.717) is 5.82 Å². The average Bonchev–Trinajstić information content (AvgIpc) is 2.69. The zero-order valence-electron chi connectivity index (χ0n) is 11.0. The number of aromatic carboxylic acids is 1. The molecule has 0 aliphatic rings. The molecule has 6 heteroatoms. The van der Waals surface area contributed by atoms with E-state index in [1.807, 2.05) is 26.8 Å². The van der Waals surface area contributed by atoms with Gasteiger partial charge in [-0.2, -0.15) is 0 Å². The molecule has 1 unspecified atom stereocenters. The second kappa shape index (κ2) is 5.09. The van der Waals surface area contributed by atoms with Crippen molar-refractivity contribution < 1.29 is 14.3 Å². The van der Waals surface area contributed by atoms with E-state index in [9.17, 15) is 4.79 Å².